The lowest BCUT2D eigenvalue weighted by Crippen LogP contribution is -2.53. The molecule has 114 valence electrons. The van der Waals surface area contributed by atoms with E-state index in [1.165, 1.54) is 0 Å². The van der Waals surface area contributed by atoms with E-state index in [1.54, 1.807) is 7.05 Å². The molecule has 0 saturated carbocycles. The highest BCUT2D eigenvalue weighted by molar-refractivity contribution is 5.80. The molecule has 0 aliphatic carbocycles. The fourth-order valence-corrected chi connectivity index (χ4v) is 2.89. The molecule has 2 rings (SSSR count). The van der Waals surface area contributed by atoms with Crippen LogP contribution in [0.3, 0.4) is 0 Å². The highest BCUT2D eigenvalue weighted by Crippen LogP contribution is 2.23. The third-order valence-electron chi connectivity index (χ3n) is 4.25. The molecule has 20 heavy (non-hydrogen) atoms. The number of rotatable bonds is 3. The second-order valence-corrected chi connectivity index (χ2v) is 5.60. The molecule has 0 aromatic carbocycles. The normalized spacial score (nSPS) is 28.2. The number of likely N-dealkylation sites (N-methyl/N-ethyl adjacent to an activating group) is 1. The Morgan fingerprint density at radius 2 is 1.95 bits per heavy atom. The number of carbonyl (C=O) groups excluding carboxylic acids is 2. The van der Waals surface area contributed by atoms with Gasteiger partial charge in [0.25, 0.3) is 0 Å². The van der Waals surface area contributed by atoms with E-state index in [4.69, 9.17) is 4.74 Å². The van der Waals surface area contributed by atoms with Gasteiger partial charge in [-0.05, 0) is 19.8 Å². The fraction of sp³-hybridized carbons (Fsp3) is 0.857. The van der Waals surface area contributed by atoms with Crippen LogP contribution in [0, 0.1) is 5.92 Å². The zero-order valence-electron chi connectivity index (χ0n) is 12.4. The van der Waals surface area contributed by atoms with Crippen LogP contribution in [-0.4, -0.2) is 74.1 Å². The molecular formula is C14H25N3O3. The van der Waals surface area contributed by atoms with Gasteiger partial charge in [-0.1, -0.05) is 0 Å². The number of hydrogen-bond acceptors (Lipinski definition) is 4. The summed E-state index contributed by atoms with van der Waals surface area (Å²) in [5, 5.41) is 2.63. The zero-order valence-corrected chi connectivity index (χ0v) is 12.4. The molecule has 2 heterocycles. The highest BCUT2D eigenvalue weighted by atomic mass is 16.5. The maximum Gasteiger partial charge on any atom is 0.233 e. The van der Waals surface area contributed by atoms with Gasteiger partial charge in [-0.15, -0.1) is 0 Å². The van der Waals surface area contributed by atoms with Crippen molar-refractivity contribution in [3.05, 3.63) is 0 Å². The minimum Gasteiger partial charge on any atom is -0.378 e. The van der Waals surface area contributed by atoms with Crippen LogP contribution in [0.15, 0.2) is 0 Å². The summed E-state index contributed by atoms with van der Waals surface area (Å²) >= 11 is 0. The van der Waals surface area contributed by atoms with Gasteiger partial charge in [-0.25, -0.2) is 0 Å². The largest absolute Gasteiger partial charge is 0.378 e. The molecule has 0 unspecified atom stereocenters. The van der Waals surface area contributed by atoms with Crippen LogP contribution in [0.2, 0.25) is 0 Å². The van der Waals surface area contributed by atoms with Gasteiger partial charge in [0.1, 0.15) is 0 Å². The van der Waals surface area contributed by atoms with Crippen LogP contribution in [0.1, 0.15) is 19.8 Å². The predicted molar refractivity (Wildman–Crippen MR) is 75.2 cm³/mol. The van der Waals surface area contributed by atoms with Crippen LogP contribution >= 0.6 is 0 Å². The zero-order chi connectivity index (χ0) is 14.5. The molecule has 0 aromatic rings. The van der Waals surface area contributed by atoms with E-state index in [9.17, 15) is 9.59 Å². The maximum atomic E-state index is 12.5. The van der Waals surface area contributed by atoms with E-state index < -0.39 is 0 Å². The summed E-state index contributed by atoms with van der Waals surface area (Å²) in [6.07, 6.45) is 1.93. The van der Waals surface area contributed by atoms with Crippen molar-refractivity contribution in [2.24, 2.45) is 5.92 Å². The van der Waals surface area contributed by atoms with Crippen molar-refractivity contribution in [1.29, 1.82) is 0 Å². The average Bonchev–Trinajstić information content (AvgIpc) is 2.47. The van der Waals surface area contributed by atoms with Crippen LogP contribution in [0.4, 0.5) is 0 Å². The van der Waals surface area contributed by atoms with Crippen molar-refractivity contribution in [2.75, 3.05) is 46.4 Å². The van der Waals surface area contributed by atoms with Crippen molar-refractivity contribution >= 4 is 11.8 Å². The standard InChI is InChI=1S/C14H25N3O3/c1-11-12(4-3-9-20-11)14(19)17-7-5-16(6-8-17)10-13(18)15-2/h11-12H,3-10H2,1-2H3,(H,15,18)/t11-,12+/m0/s1. The van der Waals surface area contributed by atoms with Gasteiger partial charge in [0, 0.05) is 39.8 Å². The molecule has 2 fully saturated rings. The first-order valence-corrected chi connectivity index (χ1v) is 7.45. The first kappa shape index (κ1) is 15.3. The highest BCUT2D eigenvalue weighted by Gasteiger charge is 2.33. The second-order valence-electron chi connectivity index (χ2n) is 5.60. The number of nitrogens with zero attached hydrogens (tertiary/aromatic N) is 2. The molecule has 2 aliphatic rings. The van der Waals surface area contributed by atoms with Crippen LogP contribution in [0.5, 0.6) is 0 Å². The van der Waals surface area contributed by atoms with Crippen LogP contribution < -0.4 is 5.32 Å². The SMILES string of the molecule is CNC(=O)CN1CCN(C(=O)[C@@H]2CCCO[C@H]2C)CC1. The first-order valence-electron chi connectivity index (χ1n) is 7.45. The molecule has 2 saturated heterocycles. The Hall–Kier alpha value is -1.14. The van der Waals surface area contributed by atoms with E-state index in [-0.39, 0.29) is 23.8 Å². The van der Waals surface area contributed by atoms with Crippen molar-refractivity contribution in [3.8, 4) is 0 Å². The molecule has 0 radical (unpaired) electrons. The number of piperazine rings is 1. The molecule has 0 bridgehead atoms. The molecule has 2 atom stereocenters. The second kappa shape index (κ2) is 7.04. The minimum atomic E-state index is 0.00856. The van der Waals surface area contributed by atoms with Gasteiger partial charge in [0.15, 0.2) is 0 Å². The Kier molecular flexibility index (Phi) is 5.37. The number of carbonyl (C=O) groups is 2. The lowest BCUT2D eigenvalue weighted by Gasteiger charge is -2.38. The van der Waals surface area contributed by atoms with Gasteiger partial charge < -0.3 is 15.0 Å². The van der Waals surface area contributed by atoms with Gasteiger partial charge in [-0.3, -0.25) is 14.5 Å². The van der Waals surface area contributed by atoms with E-state index in [0.717, 1.165) is 32.5 Å². The van der Waals surface area contributed by atoms with E-state index in [0.29, 0.717) is 19.6 Å². The van der Waals surface area contributed by atoms with Crippen molar-refractivity contribution in [1.82, 2.24) is 15.1 Å². The van der Waals surface area contributed by atoms with Gasteiger partial charge >= 0.3 is 0 Å². The summed E-state index contributed by atoms with van der Waals surface area (Å²) in [6.45, 7) is 6.12. The Morgan fingerprint density at radius 3 is 2.55 bits per heavy atom. The summed E-state index contributed by atoms with van der Waals surface area (Å²) in [6, 6.07) is 0. The molecule has 0 spiro atoms. The predicted octanol–water partition coefficient (Wildman–Crippen LogP) is -0.308. The van der Waals surface area contributed by atoms with E-state index in [1.807, 2.05) is 11.8 Å². The maximum absolute atomic E-state index is 12.5. The first-order chi connectivity index (χ1) is 9.61. The molecule has 0 aromatic heterocycles. The van der Waals surface area contributed by atoms with Crippen molar-refractivity contribution in [2.45, 2.75) is 25.9 Å². The number of amides is 2. The smallest absolute Gasteiger partial charge is 0.233 e. The third kappa shape index (κ3) is 3.70. The Morgan fingerprint density at radius 1 is 1.25 bits per heavy atom. The third-order valence-corrected chi connectivity index (χ3v) is 4.25. The Bertz CT molecular complexity index is 354. The van der Waals surface area contributed by atoms with Gasteiger partial charge in [-0.2, -0.15) is 0 Å². The summed E-state index contributed by atoms with van der Waals surface area (Å²) in [5.74, 6) is 0.255. The minimum absolute atomic E-state index is 0.00856. The molecule has 2 aliphatic heterocycles. The van der Waals surface area contributed by atoms with Crippen molar-refractivity contribution < 1.29 is 14.3 Å². The summed E-state index contributed by atoms with van der Waals surface area (Å²) in [5.41, 5.74) is 0. The molecule has 6 nitrogen and oxygen atoms in total. The fourth-order valence-electron chi connectivity index (χ4n) is 2.89. The van der Waals surface area contributed by atoms with E-state index >= 15 is 0 Å². The summed E-state index contributed by atoms with van der Waals surface area (Å²) in [4.78, 5) is 27.8. The summed E-state index contributed by atoms with van der Waals surface area (Å²) < 4.78 is 5.58. The molecule has 1 N–H and O–H groups in total. The number of hydrogen-bond donors (Lipinski definition) is 1. The van der Waals surface area contributed by atoms with Gasteiger partial charge in [0.2, 0.25) is 11.8 Å². The molecule has 2 amide bonds. The number of ether oxygens (including phenoxy) is 1. The van der Waals surface area contributed by atoms with Crippen LogP contribution in [-0.2, 0) is 14.3 Å². The quantitative estimate of drug-likeness (QED) is 0.772. The van der Waals surface area contributed by atoms with Crippen LogP contribution in [0.25, 0.3) is 0 Å². The Balaban J connectivity index is 1.80. The monoisotopic (exact) mass is 283 g/mol. The topological polar surface area (TPSA) is 61.9 Å². The molecule has 6 heteroatoms. The molecular weight excluding hydrogens is 258 g/mol. The lowest BCUT2D eigenvalue weighted by atomic mass is 9.93. The van der Waals surface area contributed by atoms with Crippen molar-refractivity contribution in [3.63, 3.8) is 0 Å². The van der Waals surface area contributed by atoms with E-state index in [2.05, 4.69) is 10.2 Å². The number of nitrogens with one attached hydrogen (secondary N) is 1. The van der Waals surface area contributed by atoms with Gasteiger partial charge in [0.05, 0.1) is 18.6 Å². The lowest BCUT2D eigenvalue weighted by molar-refractivity contribution is -0.145. The summed E-state index contributed by atoms with van der Waals surface area (Å²) in [7, 11) is 1.65. The average molecular weight is 283 g/mol. The Labute approximate surface area is 120 Å².